The van der Waals surface area contributed by atoms with Crippen molar-refractivity contribution in [3.8, 4) is 11.5 Å². The van der Waals surface area contributed by atoms with Gasteiger partial charge in [-0.15, -0.1) is 0 Å². The summed E-state index contributed by atoms with van der Waals surface area (Å²) in [6, 6.07) is 35.5. The van der Waals surface area contributed by atoms with Gasteiger partial charge in [0.1, 0.15) is 5.54 Å². The van der Waals surface area contributed by atoms with Crippen LogP contribution in [0.4, 0.5) is 0 Å². The molecule has 6 heteroatoms. The first-order chi connectivity index (χ1) is 19.5. The first-order valence-corrected chi connectivity index (χ1v) is 13.4. The second kappa shape index (κ2) is 13.5. The molecule has 0 heterocycles. The van der Waals surface area contributed by atoms with Crippen LogP contribution in [0.5, 0.6) is 11.5 Å². The third-order valence-electron chi connectivity index (χ3n) is 7.05. The summed E-state index contributed by atoms with van der Waals surface area (Å²) in [5, 5.41) is 6.30. The molecule has 0 radical (unpaired) electrons. The number of carbonyl (C=O) groups excluding carboxylic acids is 2. The molecule has 0 aliphatic carbocycles. The molecule has 1 atom stereocenters. The SMILES string of the molecule is COc1ccc(CCNC(=O)[C@H](C)CC(=O)NC(c2ccccc2)(c2ccccc2)c2ccccc2)cc1OC. The molecular weight excluding hydrogens is 500 g/mol. The molecule has 0 fully saturated rings. The van der Waals surface area contributed by atoms with E-state index in [9.17, 15) is 9.59 Å². The summed E-state index contributed by atoms with van der Waals surface area (Å²) >= 11 is 0. The van der Waals surface area contributed by atoms with Gasteiger partial charge < -0.3 is 20.1 Å². The number of rotatable bonds is 12. The lowest BCUT2D eigenvalue weighted by atomic mass is 9.76. The van der Waals surface area contributed by atoms with Crippen molar-refractivity contribution in [2.75, 3.05) is 20.8 Å². The van der Waals surface area contributed by atoms with Crippen molar-refractivity contribution in [3.63, 3.8) is 0 Å². The van der Waals surface area contributed by atoms with Gasteiger partial charge >= 0.3 is 0 Å². The fourth-order valence-corrected chi connectivity index (χ4v) is 4.95. The summed E-state index contributed by atoms with van der Waals surface area (Å²) in [7, 11) is 3.19. The molecular formula is C34H36N2O4. The summed E-state index contributed by atoms with van der Waals surface area (Å²) in [6.07, 6.45) is 0.681. The molecule has 0 aromatic heterocycles. The molecule has 4 aromatic carbocycles. The minimum atomic E-state index is -0.912. The van der Waals surface area contributed by atoms with E-state index in [2.05, 4.69) is 10.6 Å². The molecule has 4 rings (SSSR count). The summed E-state index contributed by atoms with van der Waals surface area (Å²) in [5.74, 6) is 0.424. The van der Waals surface area contributed by atoms with Crippen LogP contribution in [0.2, 0.25) is 0 Å². The third-order valence-corrected chi connectivity index (χ3v) is 7.05. The van der Waals surface area contributed by atoms with Crippen molar-refractivity contribution in [2.45, 2.75) is 25.3 Å². The van der Waals surface area contributed by atoms with E-state index >= 15 is 0 Å². The lowest BCUT2D eigenvalue weighted by molar-refractivity contribution is -0.130. The van der Waals surface area contributed by atoms with E-state index in [4.69, 9.17) is 9.47 Å². The largest absolute Gasteiger partial charge is 0.493 e. The van der Waals surface area contributed by atoms with Gasteiger partial charge in [0.25, 0.3) is 0 Å². The summed E-state index contributed by atoms with van der Waals surface area (Å²) in [4.78, 5) is 26.5. The second-order valence-electron chi connectivity index (χ2n) is 9.73. The molecule has 2 N–H and O–H groups in total. The maximum absolute atomic E-state index is 13.6. The van der Waals surface area contributed by atoms with Crippen LogP contribution in [0.3, 0.4) is 0 Å². The van der Waals surface area contributed by atoms with E-state index in [-0.39, 0.29) is 18.2 Å². The quantitative estimate of drug-likeness (QED) is 0.235. The number of carbonyl (C=O) groups is 2. The molecule has 2 amide bonds. The molecule has 4 aromatic rings. The minimum Gasteiger partial charge on any atom is -0.493 e. The normalized spacial score (nSPS) is 11.8. The van der Waals surface area contributed by atoms with Crippen molar-refractivity contribution >= 4 is 11.8 Å². The number of ether oxygens (including phenoxy) is 2. The van der Waals surface area contributed by atoms with Gasteiger partial charge in [-0.3, -0.25) is 9.59 Å². The Hall–Kier alpha value is -4.58. The Balaban J connectivity index is 1.48. The first kappa shape index (κ1) is 28.4. The smallest absolute Gasteiger partial charge is 0.223 e. The highest BCUT2D eigenvalue weighted by Crippen LogP contribution is 2.37. The highest BCUT2D eigenvalue weighted by Gasteiger charge is 2.38. The van der Waals surface area contributed by atoms with E-state index < -0.39 is 11.5 Å². The summed E-state index contributed by atoms with van der Waals surface area (Å²) in [5.41, 5.74) is 2.92. The van der Waals surface area contributed by atoms with Crippen molar-refractivity contribution in [3.05, 3.63) is 131 Å². The van der Waals surface area contributed by atoms with Gasteiger partial charge in [0.15, 0.2) is 11.5 Å². The van der Waals surface area contributed by atoms with Gasteiger partial charge in [-0.05, 0) is 40.8 Å². The predicted octanol–water partition coefficient (Wildman–Crippen LogP) is 5.50. The third kappa shape index (κ3) is 6.52. The topological polar surface area (TPSA) is 76.7 Å². The fourth-order valence-electron chi connectivity index (χ4n) is 4.95. The van der Waals surface area contributed by atoms with Crippen LogP contribution < -0.4 is 20.1 Å². The van der Waals surface area contributed by atoms with Crippen LogP contribution >= 0.6 is 0 Å². The Morgan fingerprint density at radius 3 is 1.70 bits per heavy atom. The van der Waals surface area contributed by atoms with Crippen LogP contribution in [0.25, 0.3) is 0 Å². The molecule has 0 unspecified atom stereocenters. The zero-order valence-electron chi connectivity index (χ0n) is 23.2. The number of methoxy groups -OCH3 is 2. The number of amides is 2. The zero-order chi connectivity index (χ0) is 28.4. The van der Waals surface area contributed by atoms with Crippen LogP contribution in [0.1, 0.15) is 35.6 Å². The molecule has 206 valence electrons. The monoisotopic (exact) mass is 536 g/mol. The average Bonchev–Trinajstić information content (AvgIpc) is 3.01. The van der Waals surface area contributed by atoms with E-state index in [0.717, 1.165) is 22.3 Å². The standard InChI is InChI=1S/C34H36N2O4/c1-25(33(38)35-22-21-26-19-20-30(39-2)31(24-26)40-3)23-32(37)36-34(27-13-7-4-8-14-27,28-15-9-5-10-16-28)29-17-11-6-12-18-29/h4-20,24-25H,21-23H2,1-3H3,(H,35,38)(H,36,37)/t25-/m1/s1. The highest BCUT2D eigenvalue weighted by molar-refractivity contribution is 5.86. The Kier molecular flexibility index (Phi) is 9.57. The Labute approximate surface area is 236 Å². The molecule has 0 aliphatic rings. The van der Waals surface area contributed by atoms with Gasteiger partial charge in [0.2, 0.25) is 11.8 Å². The van der Waals surface area contributed by atoms with Crippen molar-refractivity contribution in [1.82, 2.24) is 10.6 Å². The van der Waals surface area contributed by atoms with Crippen LogP contribution in [0, 0.1) is 5.92 Å². The van der Waals surface area contributed by atoms with Crippen molar-refractivity contribution in [2.24, 2.45) is 5.92 Å². The van der Waals surface area contributed by atoms with Crippen LogP contribution in [-0.4, -0.2) is 32.6 Å². The van der Waals surface area contributed by atoms with Crippen LogP contribution in [0.15, 0.2) is 109 Å². The zero-order valence-corrected chi connectivity index (χ0v) is 23.2. The Morgan fingerprint density at radius 2 is 1.23 bits per heavy atom. The van der Waals surface area contributed by atoms with E-state index in [1.54, 1.807) is 21.1 Å². The highest BCUT2D eigenvalue weighted by atomic mass is 16.5. The number of hydrogen-bond donors (Lipinski definition) is 2. The van der Waals surface area contributed by atoms with Gasteiger partial charge in [-0.1, -0.05) is 104 Å². The fraction of sp³-hybridized carbons (Fsp3) is 0.235. The number of benzene rings is 4. The van der Waals surface area contributed by atoms with E-state index in [1.165, 1.54) is 0 Å². The average molecular weight is 537 g/mol. The van der Waals surface area contributed by atoms with Gasteiger partial charge in [-0.25, -0.2) is 0 Å². The van der Waals surface area contributed by atoms with Crippen molar-refractivity contribution in [1.29, 1.82) is 0 Å². The predicted molar refractivity (Wildman–Crippen MR) is 157 cm³/mol. The maximum Gasteiger partial charge on any atom is 0.223 e. The van der Waals surface area contributed by atoms with Crippen molar-refractivity contribution < 1.29 is 19.1 Å². The van der Waals surface area contributed by atoms with Gasteiger partial charge in [0, 0.05) is 18.9 Å². The first-order valence-electron chi connectivity index (χ1n) is 13.4. The molecule has 0 spiro atoms. The number of hydrogen-bond acceptors (Lipinski definition) is 4. The summed E-state index contributed by atoms with van der Waals surface area (Å²) < 4.78 is 10.7. The summed E-state index contributed by atoms with van der Waals surface area (Å²) in [6.45, 7) is 2.23. The Bertz CT molecular complexity index is 1290. The molecule has 0 saturated carbocycles. The van der Waals surface area contributed by atoms with Gasteiger partial charge in [-0.2, -0.15) is 0 Å². The van der Waals surface area contributed by atoms with E-state index in [0.29, 0.717) is 24.5 Å². The van der Waals surface area contributed by atoms with Crippen LogP contribution in [-0.2, 0) is 21.5 Å². The molecule has 40 heavy (non-hydrogen) atoms. The molecule has 6 nitrogen and oxygen atoms in total. The maximum atomic E-state index is 13.6. The van der Waals surface area contributed by atoms with Gasteiger partial charge in [0.05, 0.1) is 14.2 Å². The molecule has 0 saturated heterocycles. The number of nitrogens with one attached hydrogen (secondary N) is 2. The lowest BCUT2D eigenvalue weighted by Crippen LogP contribution is -2.48. The second-order valence-corrected chi connectivity index (χ2v) is 9.73. The molecule has 0 bridgehead atoms. The molecule has 0 aliphatic heterocycles. The lowest BCUT2D eigenvalue weighted by Gasteiger charge is -2.37. The minimum absolute atomic E-state index is 0.0520. The Morgan fingerprint density at radius 1 is 0.725 bits per heavy atom. The van der Waals surface area contributed by atoms with E-state index in [1.807, 2.05) is 109 Å².